The molecule has 2 heterocycles. The van der Waals surface area contributed by atoms with Crippen LogP contribution in [0.25, 0.3) is 11.2 Å². The lowest BCUT2D eigenvalue weighted by Crippen LogP contribution is -2.06. The molecule has 0 unspecified atom stereocenters. The first-order valence-electron chi connectivity index (χ1n) is 5.75. The molecule has 1 atom stereocenters. The van der Waals surface area contributed by atoms with Crippen molar-refractivity contribution in [3.05, 3.63) is 48.5 Å². The number of nitrogens with two attached hydrogens (primary N) is 1. The lowest BCUT2D eigenvalue weighted by atomic mass is 10.1. The van der Waals surface area contributed by atoms with Gasteiger partial charge >= 0.3 is 0 Å². The first-order valence-corrected chi connectivity index (χ1v) is 5.75. The second-order valence-corrected chi connectivity index (χ2v) is 4.17. The van der Waals surface area contributed by atoms with Crippen LogP contribution in [0.5, 0.6) is 0 Å². The molecule has 0 saturated heterocycles. The summed E-state index contributed by atoms with van der Waals surface area (Å²) < 4.78 is 2.00. The van der Waals surface area contributed by atoms with Crippen LogP contribution in [0.3, 0.4) is 0 Å². The number of hydrogen-bond acceptors (Lipinski definition) is 4. The van der Waals surface area contributed by atoms with E-state index in [1.807, 2.05) is 22.8 Å². The van der Waals surface area contributed by atoms with Gasteiger partial charge in [0.05, 0.1) is 12.4 Å². The van der Waals surface area contributed by atoms with E-state index in [-0.39, 0.29) is 6.04 Å². The van der Waals surface area contributed by atoms with Crippen molar-refractivity contribution >= 4 is 17.0 Å². The molecule has 0 fully saturated rings. The summed E-state index contributed by atoms with van der Waals surface area (Å²) in [5.41, 5.74) is 8.40. The van der Waals surface area contributed by atoms with Gasteiger partial charge in [0.1, 0.15) is 11.8 Å². The lowest BCUT2D eigenvalue weighted by Gasteiger charge is -2.13. The van der Waals surface area contributed by atoms with E-state index in [1.165, 1.54) is 11.9 Å². The molecule has 3 aromatic rings. The second-order valence-electron chi connectivity index (χ2n) is 4.17. The summed E-state index contributed by atoms with van der Waals surface area (Å²) >= 11 is 0. The maximum Gasteiger partial charge on any atom is 0.165 e. The minimum absolute atomic E-state index is 0.158. The molecule has 90 valence electrons. The monoisotopic (exact) mass is 239 g/mol. The van der Waals surface area contributed by atoms with E-state index in [0.717, 1.165) is 5.65 Å². The third kappa shape index (κ3) is 1.60. The maximum atomic E-state index is 5.78. The van der Waals surface area contributed by atoms with Crippen LogP contribution in [0.1, 0.15) is 18.5 Å². The smallest absolute Gasteiger partial charge is 0.165 e. The topological polar surface area (TPSA) is 69.6 Å². The average Bonchev–Trinajstić information content (AvgIpc) is 2.84. The first kappa shape index (κ1) is 10.7. The summed E-state index contributed by atoms with van der Waals surface area (Å²) in [5.74, 6) is 0.416. The van der Waals surface area contributed by atoms with Crippen molar-refractivity contribution in [1.29, 1.82) is 0 Å². The second kappa shape index (κ2) is 4.10. The van der Waals surface area contributed by atoms with Gasteiger partial charge in [0.25, 0.3) is 0 Å². The number of fused-ring (bicyclic) bond motifs is 1. The highest BCUT2D eigenvalue weighted by atomic mass is 15.1. The van der Waals surface area contributed by atoms with Crippen LogP contribution < -0.4 is 5.73 Å². The van der Waals surface area contributed by atoms with Gasteiger partial charge in [0, 0.05) is 0 Å². The highest BCUT2D eigenvalue weighted by Gasteiger charge is 2.13. The van der Waals surface area contributed by atoms with E-state index in [9.17, 15) is 0 Å². The summed E-state index contributed by atoms with van der Waals surface area (Å²) in [7, 11) is 0. The molecule has 1 aromatic carbocycles. The minimum Gasteiger partial charge on any atom is -0.382 e. The first-order chi connectivity index (χ1) is 8.77. The molecule has 2 N–H and O–H groups in total. The number of nitrogen functional groups attached to an aromatic ring is 1. The van der Waals surface area contributed by atoms with E-state index < -0.39 is 0 Å². The number of nitrogens with zero attached hydrogens (tertiary/aromatic N) is 4. The fraction of sp³-hybridized carbons (Fsp3) is 0.154. The Morgan fingerprint density at radius 1 is 1.11 bits per heavy atom. The fourth-order valence-corrected chi connectivity index (χ4v) is 2.05. The summed E-state index contributed by atoms with van der Waals surface area (Å²) in [4.78, 5) is 12.5. The van der Waals surface area contributed by atoms with E-state index in [2.05, 4.69) is 34.0 Å². The minimum atomic E-state index is 0.158. The normalized spacial score (nSPS) is 12.7. The number of benzene rings is 1. The molecule has 5 heteroatoms. The highest BCUT2D eigenvalue weighted by molar-refractivity contribution is 5.81. The Balaban J connectivity index is 2.13. The van der Waals surface area contributed by atoms with Gasteiger partial charge in [-0.05, 0) is 12.5 Å². The van der Waals surface area contributed by atoms with Gasteiger partial charge in [-0.3, -0.25) is 0 Å². The Kier molecular flexibility index (Phi) is 2.44. The van der Waals surface area contributed by atoms with Crippen LogP contribution in [-0.4, -0.2) is 19.5 Å². The van der Waals surface area contributed by atoms with Gasteiger partial charge in [-0.2, -0.15) is 0 Å². The summed E-state index contributed by atoms with van der Waals surface area (Å²) in [5, 5.41) is 0. The molecule has 0 aliphatic carbocycles. The number of rotatable bonds is 2. The van der Waals surface area contributed by atoms with Crippen LogP contribution in [0.4, 0.5) is 5.82 Å². The van der Waals surface area contributed by atoms with Gasteiger partial charge < -0.3 is 10.3 Å². The molecule has 0 radical (unpaired) electrons. The summed E-state index contributed by atoms with van der Waals surface area (Å²) in [6.45, 7) is 2.11. The molecule has 2 aromatic heterocycles. The largest absolute Gasteiger partial charge is 0.382 e. The lowest BCUT2D eigenvalue weighted by molar-refractivity contribution is 0.652. The Morgan fingerprint density at radius 2 is 1.89 bits per heavy atom. The van der Waals surface area contributed by atoms with Crippen LogP contribution >= 0.6 is 0 Å². The Hall–Kier alpha value is -2.43. The fourth-order valence-electron chi connectivity index (χ4n) is 2.05. The van der Waals surface area contributed by atoms with Crippen LogP contribution in [-0.2, 0) is 0 Å². The predicted octanol–water partition coefficient (Wildman–Crippen LogP) is 2.02. The molecule has 5 nitrogen and oxygen atoms in total. The van der Waals surface area contributed by atoms with Gasteiger partial charge in [-0.1, -0.05) is 30.3 Å². The van der Waals surface area contributed by atoms with Crippen LogP contribution in [0.2, 0.25) is 0 Å². The van der Waals surface area contributed by atoms with E-state index >= 15 is 0 Å². The number of hydrogen-bond donors (Lipinski definition) is 1. The van der Waals surface area contributed by atoms with Crippen molar-refractivity contribution in [3.8, 4) is 0 Å². The van der Waals surface area contributed by atoms with Crippen molar-refractivity contribution in [3.63, 3.8) is 0 Å². The standard InChI is InChI=1S/C13H13N5/c1-9(10-5-3-2-4-6-10)18-8-17-11-12(14)15-7-16-13(11)18/h2-9H,1H3,(H2,14,15,16)/t9-/m0/s1. The van der Waals surface area contributed by atoms with E-state index in [4.69, 9.17) is 5.73 Å². The quantitative estimate of drug-likeness (QED) is 0.742. The van der Waals surface area contributed by atoms with Crippen molar-refractivity contribution < 1.29 is 0 Å². The van der Waals surface area contributed by atoms with E-state index in [1.54, 1.807) is 6.33 Å². The van der Waals surface area contributed by atoms with Gasteiger partial charge in [0.15, 0.2) is 11.5 Å². The van der Waals surface area contributed by atoms with Gasteiger partial charge in [-0.25, -0.2) is 15.0 Å². The Labute approximate surface area is 104 Å². The van der Waals surface area contributed by atoms with E-state index in [0.29, 0.717) is 11.3 Å². The zero-order chi connectivity index (χ0) is 12.5. The van der Waals surface area contributed by atoms with Gasteiger partial charge in [-0.15, -0.1) is 0 Å². The molecular weight excluding hydrogens is 226 g/mol. The molecule has 3 rings (SSSR count). The molecule has 0 amide bonds. The SMILES string of the molecule is C[C@@H](c1ccccc1)n1cnc2c(N)ncnc21. The van der Waals surface area contributed by atoms with Crippen molar-refractivity contribution in [2.24, 2.45) is 0 Å². The van der Waals surface area contributed by atoms with Crippen molar-refractivity contribution in [1.82, 2.24) is 19.5 Å². The van der Waals surface area contributed by atoms with Crippen LogP contribution in [0.15, 0.2) is 43.0 Å². The molecule has 0 saturated carbocycles. The Morgan fingerprint density at radius 3 is 2.67 bits per heavy atom. The molecule has 18 heavy (non-hydrogen) atoms. The number of anilines is 1. The number of aromatic nitrogens is 4. The predicted molar refractivity (Wildman–Crippen MR) is 70.0 cm³/mol. The van der Waals surface area contributed by atoms with Crippen molar-refractivity contribution in [2.75, 3.05) is 5.73 Å². The molecule has 0 aliphatic rings. The molecular formula is C13H13N5. The summed E-state index contributed by atoms with van der Waals surface area (Å²) in [6, 6.07) is 10.4. The number of imidazole rings is 1. The maximum absolute atomic E-state index is 5.78. The highest BCUT2D eigenvalue weighted by Crippen LogP contribution is 2.23. The molecule has 0 spiro atoms. The third-order valence-corrected chi connectivity index (χ3v) is 3.09. The average molecular weight is 239 g/mol. The summed E-state index contributed by atoms with van der Waals surface area (Å²) in [6.07, 6.45) is 3.22. The van der Waals surface area contributed by atoms with Gasteiger partial charge in [0.2, 0.25) is 0 Å². The molecule has 0 bridgehead atoms. The zero-order valence-electron chi connectivity index (χ0n) is 9.99. The van der Waals surface area contributed by atoms with Crippen LogP contribution in [0, 0.1) is 0 Å². The molecule has 0 aliphatic heterocycles. The third-order valence-electron chi connectivity index (χ3n) is 3.09. The van der Waals surface area contributed by atoms with Crippen molar-refractivity contribution in [2.45, 2.75) is 13.0 Å². The zero-order valence-corrected chi connectivity index (χ0v) is 9.99. The Bertz CT molecular complexity index is 674.